The van der Waals surface area contributed by atoms with Crippen molar-refractivity contribution in [3.05, 3.63) is 87.7 Å². The predicted molar refractivity (Wildman–Crippen MR) is 99.8 cm³/mol. The van der Waals surface area contributed by atoms with E-state index in [-0.39, 0.29) is 18.1 Å². The van der Waals surface area contributed by atoms with Crippen molar-refractivity contribution < 1.29 is 9.18 Å². The van der Waals surface area contributed by atoms with Gasteiger partial charge in [-0.1, -0.05) is 41.4 Å². The molecule has 2 aromatic carbocycles. The number of nitrogens with zero attached hydrogens (tertiary/aromatic N) is 2. The first-order valence-electron chi connectivity index (χ1n) is 7.90. The van der Waals surface area contributed by atoms with Crippen molar-refractivity contribution in [1.29, 1.82) is 0 Å². The van der Waals surface area contributed by atoms with E-state index in [1.807, 2.05) is 7.05 Å². The number of hydrogen-bond acceptors (Lipinski definition) is 2. The highest BCUT2D eigenvalue weighted by atomic mass is 35.5. The molecule has 3 aromatic rings. The minimum Gasteiger partial charge on any atom is -0.342 e. The lowest BCUT2D eigenvalue weighted by molar-refractivity contribution is -0.121. The van der Waals surface area contributed by atoms with Crippen molar-refractivity contribution in [3.8, 4) is 0 Å². The normalized spacial score (nSPS) is 12.0. The van der Waals surface area contributed by atoms with Gasteiger partial charge in [0.2, 0.25) is 5.91 Å². The maximum absolute atomic E-state index is 13.7. The molecule has 0 bridgehead atoms. The summed E-state index contributed by atoms with van der Waals surface area (Å²) in [5.74, 6) is -0.0330. The maximum atomic E-state index is 13.7. The number of aryl methyl sites for hydroxylation is 1. The molecule has 1 N–H and O–H groups in total. The van der Waals surface area contributed by atoms with Crippen molar-refractivity contribution in [2.24, 2.45) is 7.05 Å². The van der Waals surface area contributed by atoms with Gasteiger partial charge in [-0.25, -0.2) is 9.37 Å². The third kappa shape index (κ3) is 4.23. The van der Waals surface area contributed by atoms with Crippen LogP contribution in [0.5, 0.6) is 0 Å². The average Bonchev–Trinajstić information content (AvgIpc) is 3.01. The number of rotatable bonds is 5. The Balaban J connectivity index is 1.86. The average molecular weight is 392 g/mol. The topological polar surface area (TPSA) is 46.9 Å². The van der Waals surface area contributed by atoms with Crippen molar-refractivity contribution >= 4 is 29.1 Å². The molecule has 0 fully saturated rings. The first-order valence-corrected chi connectivity index (χ1v) is 8.65. The standard InChI is InChI=1S/C19H16Cl2FN3O/c1-25-8-7-23-19(25)18(13-3-2-4-15(22)9-13)24-17(26)10-12-5-6-14(20)11-16(12)21/h2-9,11,18H,10H2,1H3,(H,24,26)/t18-/m0/s1. The molecule has 3 rings (SSSR count). The van der Waals surface area contributed by atoms with E-state index in [1.54, 1.807) is 47.3 Å². The molecule has 26 heavy (non-hydrogen) atoms. The lowest BCUT2D eigenvalue weighted by Gasteiger charge is -2.19. The number of imidazole rings is 1. The number of hydrogen-bond donors (Lipinski definition) is 1. The van der Waals surface area contributed by atoms with Gasteiger partial charge < -0.3 is 9.88 Å². The number of amides is 1. The van der Waals surface area contributed by atoms with Gasteiger partial charge in [-0.15, -0.1) is 0 Å². The molecule has 134 valence electrons. The van der Waals surface area contributed by atoms with Gasteiger partial charge in [0.05, 0.1) is 6.42 Å². The third-order valence-corrected chi connectivity index (χ3v) is 4.56. The number of benzene rings is 2. The first-order chi connectivity index (χ1) is 12.4. The summed E-state index contributed by atoms with van der Waals surface area (Å²) in [5, 5.41) is 3.84. The van der Waals surface area contributed by atoms with E-state index in [2.05, 4.69) is 10.3 Å². The largest absolute Gasteiger partial charge is 0.342 e. The van der Waals surface area contributed by atoms with E-state index in [1.165, 1.54) is 12.1 Å². The SMILES string of the molecule is Cn1ccnc1[C@@H](NC(=O)Cc1ccc(Cl)cc1Cl)c1cccc(F)c1. The minimum absolute atomic E-state index is 0.0756. The zero-order chi connectivity index (χ0) is 18.7. The van der Waals surface area contributed by atoms with Gasteiger partial charge in [-0.3, -0.25) is 4.79 Å². The van der Waals surface area contributed by atoms with Crippen molar-refractivity contribution in [2.75, 3.05) is 0 Å². The molecule has 0 saturated carbocycles. The van der Waals surface area contributed by atoms with E-state index >= 15 is 0 Å². The molecule has 0 aliphatic heterocycles. The predicted octanol–water partition coefficient (Wildman–Crippen LogP) is 4.31. The monoisotopic (exact) mass is 391 g/mol. The van der Waals surface area contributed by atoms with Crippen molar-refractivity contribution in [1.82, 2.24) is 14.9 Å². The molecule has 0 aliphatic rings. The summed E-state index contributed by atoms with van der Waals surface area (Å²) in [7, 11) is 1.82. The Morgan fingerprint density at radius 2 is 2.08 bits per heavy atom. The van der Waals surface area contributed by atoms with Crippen LogP contribution >= 0.6 is 23.2 Å². The van der Waals surface area contributed by atoms with Crippen LogP contribution in [0.4, 0.5) is 4.39 Å². The Hall–Kier alpha value is -2.37. The van der Waals surface area contributed by atoms with Gasteiger partial charge >= 0.3 is 0 Å². The Kier molecular flexibility index (Phi) is 5.59. The molecule has 0 unspecified atom stereocenters. The molecule has 0 spiro atoms. The smallest absolute Gasteiger partial charge is 0.225 e. The van der Waals surface area contributed by atoms with Crippen LogP contribution in [0, 0.1) is 5.82 Å². The number of halogens is 3. The lowest BCUT2D eigenvalue weighted by Crippen LogP contribution is -2.32. The van der Waals surface area contributed by atoms with Crippen LogP contribution in [0.25, 0.3) is 0 Å². The molecular formula is C19H16Cl2FN3O. The summed E-state index contributed by atoms with van der Waals surface area (Å²) >= 11 is 12.0. The number of nitrogens with one attached hydrogen (secondary N) is 1. The fraction of sp³-hybridized carbons (Fsp3) is 0.158. The third-order valence-electron chi connectivity index (χ3n) is 3.97. The molecule has 7 heteroatoms. The first kappa shape index (κ1) is 18.4. The highest BCUT2D eigenvalue weighted by Crippen LogP contribution is 2.24. The van der Waals surface area contributed by atoms with E-state index in [4.69, 9.17) is 23.2 Å². The Labute approximate surface area is 160 Å². The molecule has 0 saturated heterocycles. The van der Waals surface area contributed by atoms with Crippen LogP contribution in [0.3, 0.4) is 0 Å². The van der Waals surface area contributed by atoms with Crippen LogP contribution in [0.15, 0.2) is 54.9 Å². The molecular weight excluding hydrogens is 376 g/mol. The summed E-state index contributed by atoms with van der Waals surface area (Å²) in [6.07, 6.45) is 3.47. The van der Waals surface area contributed by atoms with Crippen molar-refractivity contribution in [2.45, 2.75) is 12.5 Å². The summed E-state index contributed by atoms with van der Waals surface area (Å²) in [4.78, 5) is 16.9. The molecule has 1 heterocycles. The molecule has 1 aromatic heterocycles. The summed E-state index contributed by atoms with van der Waals surface area (Å²) in [6.45, 7) is 0. The zero-order valence-electron chi connectivity index (χ0n) is 13.9. The minimum atomic E-state index is -0.579. The summed E-state index contributed by atoms with van der Waals surface area (Å²) in [6, 6.07) is 10.5. The Bertz CT molecular complexity index is 942. The molecule has 4 nitrogen and oxygen atoms in total. The van der Waals surface area contributed by atoms with Crippen LogP contribution in [-0.4, -0.2) is 15.5 Å². The van der Waals surface area contributed by atoms with E-state index < -0.39 is 6.04 Å². The van der Waals surface area contributed by atoms with Gasteiger partial charge in [0.25, 0.3) is 0 Å². The second kappa shape index (κ2) is 7.89. The molecule has 0 radical (unpaired) electrons. The van der Waals surface area contributed by atoms with Crippen molar-refractivity contribution in [3.63, 3.8) is 0 Å². The van der Waals surface area contributed by atoms with Crippen LogP contribution in [-0.2, 0) is 18.3 Å². The number of carbonyl (C=O) groups is 1. The number of aromatic nitrogens is 2. The van der Waals surface area contributed by atoms with Crippen LogP contribution < -0.4 is 5.32 Å². The molecule has 1 amide bonds. The second-order valence-corrected chi connectivity index (χ2v) is 6.71. The van der Waals surface area contributed by atoms with Gasteiger partial charge in [0.15, 0.2) is 0 Å². The highest BCUT2D eigenvalue weighted by Gasteiger charge is 2.21. The fourth-order valence-electron chi connectivity index (χ4n) is 2.69. The van der Waals surface area contributed by atoms with Gasteiger partial charge in [0, 0.05) is 29.5 Å². The van der Waals surface area contributed by atoms with Gasteiger partial charge in [0.1, 0.15) is 17.7 Å². The van der Waals surface area contributed by atoms with E-state index in [9.17, 15) is 9.18 Å². The van der Waals surface area contributed by atoms with Crippen LogP contribution in [0.1, 0.15) is 23.0 Å². The second-order valence-electron chi connectivity index (χ2n) is 5.86. The molecule has 1 atom stereocenters. The van der Waals surface area contributed by atoms with E-state index in [0.29, 0.717) is 27.0 Å². The quantitative estimate of drug-likeness (QED) is 0.703. The van der Waals surface area contributed by atoms with Gasteiger partial charge in [-0.2, -0.15) is 0 Å². The van der Waals surface area contributed by atoms with Crippen LogP contribution in [0.2, 0.25) is 10.0 Å². The molecule has 0 aliphatic carbocycles. The fourth-order valence-corrected chi connectivity index (χ4v) is 3.16. The zero-order valence-corrected chi connectivity index (χ0v) is 15.4. The van der Waals surface area contributed by atoms with E-state index in [0.717, 1.165) is 0 Å². The Morgan fingerprint density at radius 3 is 2.73 bits per heavy atom. The summed E-state index contributed by atoms with van der Waals surface area (Å²) in [5.41, 5.74) is 1.27. The number of carbonyl (C=O) groups excluding carboxylic acids is 1. The summed E-state index contributed by atoms with van der Waals surface area (Å²) < 4.78 is 15.5. The van der Waals surface area contributed by atoms with Gasteiger partial charge in [-0.05, 0) is 35.4 Å². The maximum Gasteiger partial charge on any atom is 0.225 e. The highest BCUT2D eigenvalue weighted by molar-refractivity contribution is 6.35. The lowest BCUT2D eigenvalue weighted by atomic mass is 10.0. The Morgan fingerprint density at radius 1 is 1.27 bits per heavy atom.